The predicted octanol–water partition coefficient (Wildman–Crippen LogP) is 5.70. The van der Waals surface area contributed by atoms with Gasteiger partial charge in [-0.1, -0.05) is 51.0 Å². The Morgan fingerprint density at radius 2 is 2.07 bits per heavy atom. The van der Waals surface area contributed by atoms with E-state index in [0.717, 1.165) is 37.7 Å². The Kier molecular flexibility index (Phi) is 5.18. The Bertz CT molecular complexity index is 860. The molecule has 0 unspecified atom stereocenters. The number of hydrogen-bond acceptors (Lipinski definition) is 3. The highest BCUT2D eigenvalue weighted by Gasteiger charge is 2.50. The maximum atomic E-state index is 10.6. The van der Waals surface area contributed by atoms with E-state index in [1.165, 1.54) is 5.57 Å². The third kappa shape index (κ3) is 5.29. The van der Waals surface area contributed by atoms with Gasteiger partial charge in [0.05, 0.1) is 17.8 Å². The van der Waals surface area contributed by atoms with Gasteiger partial charge >= 0.3 is 0 Å². The van der Waals surface area contributed by atoms with Crippen molar-refractivity contribution in [3.8, 4) is 0 Å². The highest BCUT2D eigenvalue weighted by Crippen LogP contribution is 2.60. The number of aliphatic hydroxyl groups is 3. The van der Waals surface area contributed by atoms with E-state index in [4.69, 9.17) is 8.22 Å². The molecule has 170 valence electrons. The van der Waals surface area contributed by atoms with Crippen LogP contribution in [0.4, 0.5) is 0 Å². The fraction of sp³-hybridized carbons (Fsp3) is 0.778. The summed E-state index contributed by atoms with van der Waals surface area (Å²) in [4.78, 5) is 0. The topological polar surface area (TPSA) is 60.7 Å². The second kappa shape index (κ2) is 9.30. The average Bonchev–Trinajstić information content (AvgIpc) is 3.11. The predicted molar refractivity (Wildman–Crippen MR) is 124 cm³/mol. The first kappa shape index (κ1) is 16.7. The lowest BCUT2D eigenvalue weighted by Crippen LogP contribution is -2.36. The Balaban J connectivity index is 1.69. The molecule has 0 aromatic carbocycles. The first-order chi connectivity index (χ1) is 16.5. The highest BCUT2D eigenvalue weighted by molar-refractivity contribution is 5.38. The molecule has 0 radical (unpaired) electrons. The zero-order valence-electron chi connectivity index (χ0n) is 24.7. The summed E-state index contributed by atoms with van der Waals surface area (Å²) in [6, 6.07) is 0. The Hall–Kier alpha value is -0.900. The molecule has 0 saturated heterocycles. The van der Waals surface area contributed by atoms with Crippen LogP contribution in [-0.4, -0.2) is 33.1 Å². The van der Waals surface area contributed by atoms with E-state index >= 15 is 0 Å². The van der Waals surface area contributed by atoms with Crippen LogP contribution in [0.3, 0.4) is 0 Å². The number of fused-ring (bicyclic) bond motifs is 1. The van der Waals surface area contributed by atoms with E-state index in [-0.39, 0.29) is 11.8 Å². The molecule has 0 spiro atoms. The van der Waals surface area contributed by atoms with Crippen molar-refractivity contribution in [1.29, 1.82) is 0 Å². The minimum absolute atomic E-state index is 0.120. The third-order valence-corrected chi connectivity index (χ3v) is 8.19. The molecule has 0 aromatic rings. The summed E-state index contributed by atoms with van der Waals surface area (Å²) >= 11 is 0. The number of allylic oxidation sites excluding steroid dienone is 3. The Morgan fingerprint density at radius 1 is 1.30 bits per heavy atom. The van der Waals surface area contributed by atoms with E-state index in [0.29, 0.717) is 49.0 Å². The van der Waals surface area contributed by atoms with Crippen molar-refractivity contribution >= 4 is 0 Å². The second-order valence-electron chi connectivity index (χ2n) is 10.4. The monoisotopic (exact) mass is 422 g/mol. The fourth-order valence-electron chi connectivity index (χ4n) is 6.56. The molecule has 3 heteroatoms. The molecule has 0 amide bonds. The maximum absolute atomic E-state index is 10.6. The molecule has 0 heterocycles. The summed E-state index contributed by atoms with van der Waals surface area (Å²) in [5, 5.41) is 30.8. The van der Waals surface area contributed by atoms with Gasteiger partial charge in [0.2, 0.25) is 0 Å². The van der Waals surface area contributed by atoms with Crippen LogP contribution in [-0.2, 0) is 0 Å². The van der Waals surface area contributed by atoms with Crippen molar-refractivity contribution in [2.45, 2.75) is 110 Å². The van der Waals surface area contributed by atoms with Gasteiger partial charge in [0.1, 0.15) is 0 Å². The average molecular weight is 423 g/mol. The minimum atomic E-state index is -2.96. The van der Waals surface area contributed by atoms with Gasteiger partial charge in [-0.2, -0.15) is 0 Å². The second-order valence-corrected chi connectivity index (χ2v) is 10.4. The summed E-state index contributed by atoms with van der Waals surface area (Å²) in [6.07, 6.45) is 10.0. The molecule has 3 aliphatic carbocycles. The zero-order valence-corrected chi connectivity index (χ0v) is 18.7. The molecule has 30 heavy (non-hydrogen) atoms. The van der Waals surface area contributed by atoms with Gasteiger partial charge in [-0.05, 0) is 93.0 Å². The SMILES string of the molecule is [2H]C([2H])([2H])C(O)(CCC[C@@H](C)[C@H]1CC[C@H]2/C(=C/C=C3/C[C@@H](O)C[C@H](O)C3=C)CCC[C@]12C)C([2H])([2H])[2H]. The molecule has 3 fully saturated rings. The normalized spacial score (nSPS) is 42.6. The van der Waals surface area contributed by atoms with Crippen LogP contribution in [0.1, 0.15) is 100.0 Å². The first-order valence-electron chi connectivity index (χ1n) is 14.7. The van der Waals surface area contributed by atoms with Crippen LogP contribution in [0.2, 0.25) is 0 Å². The van der Waals surface area contributed by atoms with Gasteiger partial charge in [0.25, 0.3) is 0 Å². The molecule has 0 aromatic heterocycles. The number of hydrogen-bond donors (Lipinski definition) is 3. The summed E-state index contributed by atoms with van der Waals surface area (Å²) < 4.78 is 45.6. The zero-order chi connectivity index (χ0) is 27.1. The van der Waals surface area contributed by atoms with Crippen molar-refractivity contribution < 1.29 is 23.5 Å². The molecule has 3 aliphatic rings. The molecule has 0 bridgehead atoms. The van der Waals surface area contributed by atoms with E-state index in [9.17, 15) is 15.3 Å². The van der Waals surface area contributed by atoms with Crippen molar-refractivity contribution in [3.63, 3.8) is 0 Å². The Morgan fingerprint density at radius 3 is 2.80 bits per heavy atom. The van der Waals surface area contributed by atoms with E-state index in [2.05, 4.69) is 26.5 Å². The quantitative estimate of drug-likeness (QED) is 0.514. The van der Waals surface area contributed by atoms with Crippen molar-refractivity contribution in [1.82, 2.24) is 0 Å². The van der Waals surface area contributed by atoms with E-state index in [1.807, 2.05) is 6.08 Å². The van der Waals surface area contributed by atoms with Crippen LogP contribution in [0.15, 0.2) is 35.5 Å². The molecule has 3 nitrogen and oxygen atoms in total. The summed E-state index contributed by atoms with van der Waals surface area (Å²) in [6.45, 7) is 2.64. The minimum Gasteiger partial charge on any atom is -0.393 e. The van der Waals surface area contributed by atoms with Gasteiger partial charge in [-0.25, -0.2) is 0 Å². The molecular weight excluding hydrogens is 372 g/mol. The maximum Gasteiger partial charge on any atom is 0.0811 e. The number of rotatable bonds is 6. The lowest BCUT2D eigenvalue weighted by atomic mass is 9.60. The Labute approximate surface area is 192 Å². The van der Waals surface area contributed by atoms with Crippen LogP contribution >= 0.6 is 0 Å². The van der Waals surface area contributed by atoms with Crippen molar-refractivity contribution in [2.75, 3.05) is 0 Å². The van der Waals surface area contributed by atoms with Gasteiger partial charge in [-0.3, -0.25) is 0 Å². The standard InChI is InChI=1S/C27H44O3/c1-18(8-6-14-26(3,4)30)23-12-13-24-20(9-7-15-27(23,24)5)10-11-21-16-22(28)17-25(29)19(21)2/h10-11,18,22-25,28-30H,2,6-9,12-17H2,1,3-5H3/b20-10+,21-11-/t18-,22-,23-,24+,25+,27-/m1/s1/i3D3,4D3. The smallest absolute Gasteiger partial charge is 0.0811 e. The lowest BCUT2D eigenvalue weighted by molar-refractivity contribution is 0.0596. The van der Waals surface area contributed by atoms with Gasteiger partial charge < -0.3 is 15.3 Å². The summed E-state index contributed by atoms with van der Waals surface area (Å²) in [5.74, 6) is 1.18. The molecule has 3 N–H and O–H groups in total. The first-order valence-corrected chi connectivity index (χ1v) is 11.7. The third-order valence-electron chi connectivity index (χ3n) is 8.19. The molecule has 6 atom stereocenters. The summed E-state index contributed by atoms with van der Waals surface area (Å²) in [5.41, 5.74) is 0.463. The van der Waals surface area contributed by atoms with Crippen LogP contribution in [0.5, 0.6) is 0 Å². The summed E-state index contributed by atoms with van der Waals surface area (Å²) in [7, 11) is 0. The van der Waals surface area contributed by atoms with E-state index < -0.39 is 31.5 Å². The van der Waals surface area contributed by atoms with Gasteiger partial charge in [0, 0.05) is 14.6 Å². The molecule has 3 saturated carbocycles. The van der Waals surface area contributed by atoms with Crippen LogP contribution in [0, 0.1) is 23.2 Å². The largest absolute Gasteiger partial charge is 0.393 e. The van der Waals surface area contributed by atoms with Crippen molar-refractivity contribution in [3.05, 3.63) is 35.5 Å². The van der Waals surface area contributed by atoms with Crippen molar-refractivity contribution in [2.24, 2.45) is 23.2 Å². The van der Waals surface area contributed by atoms with Gasteiger partial charge in [-0.15, -0.1) is 0 Å². The van der Waals surface area contributed by atoms with Crippen LogP contribution < -0.4 is 0 Å². The van der Waals surface area contributed by atoms with Gasteiger partial charge in [0.15, 0.2) is 0 Å². The van der Waals surface area contributed by atoms with E-state index in [1.54, 1.807) is 0 Å². The highest BCUT2D eigenvalue weighted by atomic mass is 16.3. The lowest BCUT2D eigenvalue weighted by Gasteiger charge is -2.44. The van der Waals surface area contributed by atoms with Crippen LogP contribution in [0.25, 0.3) is 0 Å². The number of aliphatic hydroxyl groups excluding tert-OH is 2. The fourth-order valence-corrected chi connectivity index (χ4v) is 6.56. The molecular formula is C27H44O3. The molecule has 3 rings (SSSR count). The molecule has 0 aliphatic heterocycles.